The van der Waals surface area contributed by atoms with Crippen LogP contribution in [0.5, 0.6) is 0 Å². The Morgan fingerprint density at radius 3 is 2.60 bits per heavy atom. The Bertz CT molecular complexity index is 709. The summed E-state index contributed by atoms with van der Waals surface area (Å²) in [6.45, 7) is 5.79. The van der Waals surface area contributed by atoms with Gasteiger partial charge in [-0.15, -0.1) is 22.7 Å². The molecule has 0 aliphatic carbocycles. The van der Waals surface area contributed by atoms with Crippen LogP contribution in [0.3, 0.4) is 0 Å². The molecule has 3 heterocycles. The summed E-state index contributed by atoms with van der Waals surface area (Å²) in [7, 11) is 0. The Kier molecular flexibility index (Phi) is 6.02. The quantitative estimate of drug-likeness (QED) is 0.693. The lowest BCUT2D eigenvalue weighted by Crippen LogP contribution is -2.37. The second-order valence-electron chi connectivity index (χ2n) is 6.60. The van der Waals surface area contributed by atoms with Gasteiger partial charge in [-0.2, -0.15) is 0 Å². The first-order valence-electron chi connectivity index (χ1n) is 8.83. The highest BCUT2D eigenvalue weighted by molar-refractivity contribution is 7.12. The number of piperidine rings is 1. The minimum atomic E-state index is 0.149. The molecular weight excluding hydrogens is 352 g/mol. The van der Waals surface area contributed by atoms with Crippen molar-refractivity contribution >= 4 is 34.4 Å². The third-order valence-electron chi connectivity index (χ3n) is 4.83. The fourth-order valence-corrected chi connectivity index (χ4v) is 4.95. The number of aryl methyl sites for hydroxylation is 2. The molecule has 0 unspecified atom stereocenters. The number of nitrogens with zero attached hydrogens (tertiary/aromatic N) is 2. The first-order chi connectivity index (χ1) is 12.0. The van der Waals surface area contributed by atoms with Crippen LogP contribution in [-0.2, 0) is 4.79 Å². The summed E-state index contributed by atoms with van der Waals surface area (Å²) >= 11 is 3.26. The van der Waals surface area contributed by atoms with Crippen LogP contribution in [0.15, 0.2) is 17.5 Å². The van der Waals surface area contributed by atoms with Gasteiger partial charge in [0.15, 0.2) is 5.78 Å². The van der Waals surface area contributed by atoms with E-state index in [0.29, 0.717) is 25.2 Å². The third kappa shape index (κ3) is 4.55. The van der Waals surface area contributed by atoms with E-state index in [4.69, 9.17) is 0 Å². The van der Waals surface area contributed by atoms with Gasteiger partial charge in [0.25, 0.3) is 0 Å². The number of carbonyl (C=O) groups is 2. The largest absolute Gasteiger partial charge is 0.343 e. The minimum absolute atomic E-state index is 0.149. The van der Waals surface area contributed by atoms with Crippen molar-refractivity contribution in [2.75, 3.05) is 13.1 Å². The average Bonchev–Trinajstić information content (AvgIpc) is 3.25. The van der Waals surface area contributed by atoms with Crippen molar-refractivity contribution in [2.45, 2.75) is 51.9 Å². The van der Waals surface area contributed by atoms with Crippen molar-refractivity contribution < 1.29 is 9.59 Å². The second-order valence-corrected chi connectivity index (χ2v) is 8.79. The summed E-state index contributed by atoms with van der Waals surface area (Å²) in [5.41, 5.74) is 1.13. The number of hydrogen-bond donors (Lipinski definition) is 0. The van der Waals surface area contributed by atoms with Crippen LogP contribution in [0.25, 0.3) is 0 Å². The maximum Gasteiger partial charge on any atom is 0.222 e. The molecule has 134 valence electrons. The van der Waals surface area contributed by atoms with Gasteiger partial charge in [-0.3, -0.25) is 9.59 Å². The molecule has 1 aliphatic heterocycles. The number of carbonyl (C=O) groups excluding carboxylic acids is 2. The summed E-state index contributed by atoms with van der Waals surface area (Å²) in [5, 5.41) is 3.14. The smallest absolute Gasteiger partial charge is 0.222 e. The number of thiophene rings is 1. The number of Topliss-reactive ketones (excluding diaryl/α,β-unsaturated/α-hetero) is 1. The van der Waals surface area contributed by atoms with E-state index >= 15 is 0 Å². The van der Waals surface area contributed by atoms with Gasteiger partial charge in [-0.1, -0.05) is 6.07 Å². The Labute approximate surface area is 156 Å². The summed E-state index contributed by atoms with van der Waals surface area (Å²) in [5.74, 6) is 0.821. The molecule has 1 aliphatic rings. The van der Waals surface area contributed by atoms with Crippen LogP contribution in [0.2, 0.25) is 0 Å². The van der Waals surface area contributed by atoms with Crippen LogP contribution in [-0.4, -0.2) is 34.7 Å². The zero-order chi connectivity index (χ0) is 17.8. The molecule has 0 bridgehead atoms. The first kappa shape index (κ1) is 18.3. The molecule has 2 aromatic heterocycles. The number of amides is 1. The molecule has 6 heteroatoms. The molecule has 3 rings (SSSR count). The number of aromatic nitrogens is 1. The molecule has 0 atom stereocenters. The van der Waals surface area contributed by atoms with E-state index in [1.165, 1.54) is 21.2 Å². The predicted molar refractivity (Wildman–Crippen MR) is 103 cm³/mol. The van der Waals surface area contributed by atoms with Gasteiger partial charge in [0.2, 0.25) is 5.91 Å². The maximum absolute atomic E-state index is 12.4. The number of thiazole rings is 1. The van der Waals surface area contributed by atoms with Crippen molar-refractivity contribution in [3.05, 3.63) is 38.0 Å². The van der Waals surface area contributed by atoms with Crippen molar-refractivity contribution in [3.8, 4) is 0 Å². The normalized spacial score (nSPS) is 15.5. The molecule has 0 aromatic carbocycles. The Hall–Kier alpha value is -1.53. The van der Waals surface area contributed by atoms with Crippen LogP contribution in [0.1, 0.15) is 63.3 Å². The molecule has 1 saturated heterocycles. The molecule has 2 aromatic rings. The molecule has 4 nitrogen and oxygen atoms in total. The number of hydrogen-bond acceptors (Lipinski definition) is 5. The summed E-state index contributed by atoms with van der Waals surface area (Å²) in [6.07, 6.45) is 3.55. The predicted octanol–water partition coefficient (Wildman–Crippen LogP) is 4.58. The van der Waals surface area contributed by atoms with E-state index in [1.54, 1.807) is 11.3 Å². The Balaban J connectivity index is 1.41. The summed E-state index contributed by atoms with van der Waals surface area (Å²) in [6, 6.07) is 3.74. The van der Waals surface area contributed by atoms with Crippen LogP contribution >= 0.6 is 22.7 Å². The van der Waals surface area contributed by atoms with Gasteiger partial charge in [0.05, 0.1) is 15.6 Å². The van der Waals surface area contributed by atoms with E-state index in [2.05, 4.69) is 18.8 Å². The zero-order valence-corrected chi connectivity index (χ0v) is 16.4. The van der Waals surface area contributed by atoms with E-state index in [1.807, 2.05) is 22.4 Å². The lowest BCUT2D eigenvalue weighted by molar-refractivity contribution is -0.132. The summed E-state index contributed by atoms with van der Waals surface area (Å²) in [4.78, 5) is 33.1. The molecule has 0 spiro atoms. The number of likely N-dealkylation sites (tertiary alicyclic amines) is 1. The van der Waals surface area contributed by atoms with Gasteiger partial charge in [0.1, 0.15) is 0 Å². The maximum atomic E-state index is 12.4. The Morgan fingerprint density at radius 1 is 1.24 bits per heavy atom. The number of ketones is 1. The molecule has 25 heavy (non-hydrogen) atoms. The highest BCUT2D eigenvalue weighted by Crippen LogP contribution is 2.32. The molecule has 0 N–H and O–H groups in total. The summed E-state index contributed by atoms with van der Waals surface area (Å²) < 4.78 is 0. The number of rotatable bonds is 6. The van der Waals surface area contributed by atoms with E-state index in [0.717, 1.165) is 36.5 Å². The monoisotopic (exact) mass is 376 g/mol. The fourth-order valence-electron chi connectivity index (χ4n) is 3.17. The van der Waals surface area contributed by atoms with E-state index in [9.17, 15) is 9.59 Å². The molecule has 0 saturated carbocycles. The van der Waals surface area contributed by atoms with Crippen molar-refractivity contribution in [3.63, 3.8) is 0 Å². The topological polar surface area (TPSA) is 50.3 Å². The highest BCUT2D eigenvalue weighted by atomic mass is 32.1. The van der Waals surface area contributed by atoms with Crippen LogP contribution in [0.4, 0.5) is 0 Å². The lowest BCUT2D eigenvalue weighted by atomic mass is 9.97. The van der Waals surface area contributed by atoms with Crippen LogP contribution in [0, 0.1) is 13.8 Å². The SMILES string of the molecule is Cc1nc(C2CCN(C(=O)CCCC(=O)c3cccs3)CC2)sc1C. The first-order valence-corrected chi connectivity index (χ1v) is 10.5. The third-order valence-corrected chi connectivity index (χ3v) is 6.98. The highest BCUT2D eigenvalue weighted by Gasteiger charge is 2.25. The van der Waals surface area contributed by atoms with E-state index < -0.39 is 0 Å². The average molecular weight is 377 g/mol. The van der Waals surface area contributed by atoms with E-state index in [-0.39, 0.29) is 11.7 Å². The van der Waals surface area contributed by atoms with Crippen molar-refractivity contribution in [2.24, 2.45) is 0 Å². The molecule has 1 fully saturated rings. The Morgan fingerprint density at radius 2 is 2.00 bits per heavy atom. The van der Waals surface area contributed by atoms with Gasteiger partial charge < -0.3 is 4.90 Å². The zero-order valence-electron chi connectivity index (χ0n) is 14.8. The lowest BCUT2D eigenvalue weighted by Gasteiger charge is -2.31. The van der Waals surface area contributed by atoms with Gasteiger partial charge in [-0.05, 0) is 44.6 Å². The van der Waals surface area contributed by atoms with Crippen LogP contribution < -0.4 is 0 Å². The molecule has 1 amide bonds. The van der Waals surface area contributed by atoms with Gasteiger partial charge in [0, 0.05) is 36.7 Å². The molecule has 0 radical (unpaired) electrons. The van der Waals surface area contributed by atoms with Gasteiger partial charge in [-0.25, -0.2) is 4.98 Å². The standard InChI is InChI=1S/C19H24N2O2S2/c1-13-14(2)25-19(20-13)15-8-10-21(11-9-15)18(23)7-3-5-16(22)17-6-4-12-24-17/h4,6,12,15H,3,5,7-11H2,1-2H3. The minimum Gasteiger partial charge on any atom is -0.343 e. The second kappa shape index (κ2) is 8.23. The molecular formula is C19H24N2O2S2. The van der Waals surface area contributed by atoms with Crippen molar-refractivity contribution in [1.82, 2.24) is 9.88 Å². The van der Waals surface area contributed by atoms with Crippen molar-refractivity contribution in [1.29, 1.82) is 0 Å². The fraction of sp³-hybridized carbons (Fsp3) is 0.526. The van der Waals surface area contributed by atoms with Gasteiger partial charge >= 0.3 is 0 Å².